The van der Waals surface area contributed by atoms with Crippen molar-refractivity contribution in [3.05, 3.63) is 81.9 Å². The van der Waals surface area contributed by atoms with Crippen molar-refractivity contribution < 1.29 is 9.59 Å². The standard InChI is InChI=1S/C24H24O2/c1-15-7-9-17(10-8-15)18-11-13-19(14-12-18)22-16(2)23(25)20-5-3-4-6-21(20)24(22)26/h3-10,18-19H,11-14H2,1-2H3. The molecular weight excluding hydrogens is 320 g/mol. The van der Waals surface area contributed by atoms with Crippen LogP contribution in [0.1, 0.15) is 70.4 Å². The fourth-order valence-electron chi connectivity index (χ4n) is 4.56. The quantitative estimate of drug-likeness (QED) is 0.704. The van der Waals surface area contributed by atoms with Crippen LogP contribution in [-0.2, 0) is 0 Å². The van der Waals surface area contributed by atoms with Gasteiger partial charge in [-0.25, -0.2) is 0 Å². The molecule has 0 bridgehead atoms. The van der Waals surface area contributed by atoms with Gasteiger partial charge in [0, 0.05) is 22.3 Å². The first-order valence-corrected chi connectivity index (χ1v) is 9.52. The van der Waals surface area contributed by atoms with Crippen molar-refractivity contribution in [2.24, 2.45) is 5.92 Å². The highest BCUT2D eigenvalue weighted by atomic mass is 16.1. The molecule has 1 saturated carbocycles. The molecule has 2 heteroatoms. The largest absolute Gasteiger partial charge is 0.289 e. The third-order valence-corrected chi connectivity index (χ3v) is 6.09. The average Bonchev–Trinajstić information content (AvgIpc) is 2.68. The minimum Gasteiger partial charge on any atom is -0.289 e. The molecule has 26 heavy (non-hydrogen) atoms. The van der Waals surface area contributed by atoms with E-state index in [4.69, 9.17) is 0 Å². The van der Waals surface area contributed by atoms with Crippen molar-refractivity contribution in [1.29, 1.82) is 0 Å². The van der Waals surface area contributed by atoms with Gasteiger partial charge >= 0.3 is 0 Å². The maximum Gasteiger partial charge on any atom is 0.190 e. The van der Waals surface area contributed by atoms with E-state index in [9.17, 15) is 9.59 Å². The second-order valence-corrected chi connectivity index (χ2v) is 7.70. The first-order valence-electron chi connectivity index (χ1n) is 9.52. The lowest BCUT2D eigenvalue weighted by Gasteiger charge is -2.32. The van der Waals surface area contributed by atoms with Gasteiger partial charge in [-0.1, -0.05) is 54.1 Å². The van der Waals surface area contributed by atoms with Crippen LogP contribution in [0.2, 0.25) is 0 Å². The highest BCUT2D eigenvalue weighted by molar-refractivity contribution is 6.26. The van der Waals surface area contributed by atoms with Gasteiger partial charge in [0.15, 0.2) is 11.6 Å². The highest BCUT2D eigenvalue weighted by Gasteiger charge is 2.35. The van der Waals surface area contributed by atoms with E-state index < -0.39 is 0 Å². The number of allylic oxidation sites excluding steroid dienone is 2. The first-order chi connectivity index (χ1) is 12.6. The molecular formula is C24H24O2. The number of carbonyl (C=O) groups excluding carboxylic acids is 2. The Kier molecular flexibility index (Phi) is 4.36. The lowest BCUT2D eigenvalue weighted by Crippen LogP contribution is -2.27. The maximum atomic E-state index is 13.1. The smallest absolute Gasteiger partial charge is 0.190 e. The van der Waals surface area contributed by atoms with Crippen LogP contribution in [0.3, 0.4) is 0 Å². The molecule has 2 nitrogen and oxygen atoms in total. The second-order valence-electron chi connectivity index (χ2n) is 7.70. The summed E-state index contributed by atoms with van der Waals surface area (Å²) >= 11 is 0. The van der Waals surface area contributed by atoms with Gasteiger partial charge in [-0.3, -0.25) is 9.59 Å². The summed E-state index contributed by atoms with van der Waals surface area (Å²) in [6.07, 6.45) is 4.11. The van der Waals surface area contributed by atoms with E-state index in [0.717, 1.165) is 31.3 Å². The van der Waals surface area contributed by atoms with E-state index in [1.54, 1.807) is 12.1 Å². The van der Waals surface area contributed by atoms with Gasteiger partial charge in [0.1, 0.15) is 0 Å². The minimum absolute atomic E-state index is 0.0239. The van der Waals surface area contributed by atoms with Gasteiger partial charge in [0.05, 0.1) is 0 Å². The van der Waals surface area contributed by atoms with Crippen molar-refractivity contribution >= 4 is 11.6 Å². The number of hydrogen-bond acceptors (Lipinski definition) is 2. The van der Waals surface area contributed by atoms with Crippen LogP contribution in [0, 0.1) is 12.8 Å². The normalized spacial score (nSPS) is 23.2. The molecule has 0 heterocycles. The van der Waals surface area contributed by atoms with Gasteiger partial charge in [-0.2, -0.15) is 0 Å². The maximum absolute atomic E-state index is 13.1. The minimum atomic E-state index is 0.0239. The highest BCUT2D eigenvalue weighted by Crippen LogP contribution is 2.42. The Morgan fingerprint density at radius 1 is 0.692 bits per heavy atom. The molecule has 2 aliphatic rings. The fourth-order valence-corrected chi connectivity index (χ4v) is 4.56. The number of hydrogen-bond donors (Lipinski definition) is 0. The third kappa shape index (κ3) is 2.84. The van der Waals surface area contributed by atoms with Gasteiger partial charge in [0.2, 0.25) is 0 Å². The Hall–Kier alpha value is -2.48. The van der Waals surface area contributed by atoms with Crippen LogP contribution >= 0.6 is 0 Å². The van der Waals surface area contributed by atoms with E-state index in [-0.39, 0.29) is 17.5 Å². The van der Waals surface area contributed by atoms with E-state index in [2.05, 4.69) is 31.2 Å². The number of fused-ring (bicyclic) bond motifs is 1. The lowest BCUT2D eigenvalue weighted by molar-refractivity contribution is 0.0960. The van der Waals surface area contributed by atoms with E-state index in [1.807, 2.05) is 19.1 Å². The zero-order valence-electron chi connectivity index (χ0n) is 15.4. The van der Waals surface area contributed by atoms with Crippen LogP contribution < -0.4 is 0 Å². The van der Waals surface area contributed by atoms with Crippen molar-refractivity contribution in [2.75, 3.05) is 0 Å². The zero-order valence-corrected chi connectivity index (χ0v) is 15.4. The van der Waals surface area contributed by atoms with Crippen LogP contribution in [0.25, 0.3) is 0 Å². The summed E-state index contributed by atoms with van der Waals surface area (Å²) < 4.78 is 0. The molecule has 0 atom stereocenters. The summed E-state index contributed by atoms with van der Waals surface area (Å²) in [6.45, 7) is 3.94. The summed E-state index contributed by atoms with van der Waals surface area (Å²) in [5.74, 6) is 0.864. The van der Waals surface area contributed by atoms with Gasteiger partial charge in [-0.15, -0.1) is 0 Å². The van der Waals surface area contributed by atoms with Gasteiger partial charge in [-0.05, 0) is 56.9 Å². The predicted octanol–water partition coefficient (Wildman–Crippen LogP) is 5.66. The number of Topliss-reactive ketones (excluding diaryl/α,β-unsaturated/α-hetero) is 2. The fraction of sp³-hybridized carbons (Fsp3) is 0.333. The molecule has 0 spiro atoms. The number of carbonyl (C=O) groups is 2. The SMILES string of the molecule is CC1=C(C2CCC(c3ccc(C)cc3)CC2)C(=O)c2ccccc2C1=O. The molecule has 1 fully saturated rings. The number of rotatable bonds is 2. The number of aryl methyl sites for hydroxylation is 1. The van der Waals surface area contributed by atoms with E-state index in [0.29, 0.717) is 22.6 Å². The molecule has 0 unspecified atom stereocenters. The summed E-state index contributed by atoms with van der Waals surface area (Å²) in [4.78, 5) is 25.8. The average molecular weight is 344 g/mol. The van der Waals surface area contributed by atoms with Crippen molar-refractivity contribution in [2.45, 2.75) is 45.4 Å². The monoisotopic (exact) mass is 344 g/mol. The molecule has 2 aromatic carbocycles. The first kappa shape index (κ1) is 17.0. The molecule has 132 valence electrons. The van der Waals surface area contributed by atoms with Gasteiger partial charge < -0.3 is 0 Å². The third-order valence-electron chi connectivity index (χ3n) is 6.09. The van der Waals surface area contributed by atoms with E-state index in [1.165, 1.54) is 11.1 Å². The van der Waals surface area contributed by atoms with Crippen LogP contribution in [0.4, 0.5) is 0 Å². The zero-order chi connectivity index (χ0) is 18.3. The lowest BCUT2D eigenvalue weighted by atomic mass is 9.71. The van der Waals surface area contributed by atoms with Crippen LogP contribution in [0.15, 0.2) is 59.7 Å². The molecule has 4 rings (SSSR count). The molecule has 2 aliphatic carbocycles. The topological polar surface area (TPSA) is 34.1 Å². The predicted molar refractivity (Wildman–Crippen MR) is 104 cm³/mol. The summed E-state index contributed by atoms with van der Waals surface area (Å²) in [7, 11) is 0. The Morgan fingerprint density at radius 3 is 1.85 bits per heavy atom. The number of ketones is 2. The summed E-state index contributed by atoms with van der Waals surface area (Å²) in [6, 6.07) is 16.0. The Balaban J connectivity index is 1.56. The number of benzene rings is 2. The molecule has 0 aliphatic heterocycles. The molecule has 0 saturated heterocycles. The van der Waals surface area contributed by atoms with E-state index >= 15 is 0 Å². The van der Waals surface area contributed by atoms with Crippen molar-refractivity contribution in [3.63, 3.8) is 0 Å². The van der Waals surface area contributed by atoms with Crippen molar-refractivity contribution in [3.8, 4) is 0 Å². The molecule has 2 aromatic rings. The second kappa shape index (κ2) is 6.68. The molecule has 0 amide bonds. The van der Waals surface area contributed by atoms with Gasteiger partial charge in [0.25, 0.3) is 0 Å². The molecule has 0 N–H and O–H groups in total. The summed E-state index contributed by atoms with van der Waals surface area (Å²) in [5.41, 5.74) is 5.26. The summed E-state index contributed by atoms with van der Waals surface area (Å²) in [5, 5.41) is 0. The molecule has 0 aromatic heterocycles. The Bertz CT molecular complexity index is 894. The van der Waals surface area contributed by atoms with Crippen LogP contribution in [0.5, 0.6) is 0 Å². The Labute approximate surface area is 154 Å². The van der Waals surface area contributed by atoms with Crippen LogP contribution in [-0.4, -0.2) is 11.6 Å². The van der Waals surface area contributed by atoms with Crippen molar-refractivity contribution in [1.82, 2.24) is 0 Å². The Morgan fingerprint density at radius 2 is 1.23 bits per heavy atom. The molecule has 0 radical (unpaired) electrons.